The van der Waals surface area contributed by atoms with E-state index in [2.05, 4.69) is 5.32 Å². The molecule has 110 valence electrons. The normalized spacial score (nSPS) is 14.5. The number of nitrogens with zero attached hydrogens (tertiary/aromatic N) is 1. The molecule has 0 aromatic heterocycles. The molecular formula is C13H24N2O4. The van der Waals surface area contributed by atoms with Crippen molar-refractivity contribution < 1.29 is 19.4 Å². The topological polar surface area (TPSA) is 78.9 Å². The molecule has 1 rings (SSSR count). The van der Waals surface area contributed by atoms with Gasteiger partial charge in [0.05, 0.1) is 6.61 Å². The van der Waals surface area contributed by atoms with Gasteiger partial charge in [-0.05, 0) is 24.7 Å². The van der Waals surface area contributed by atoms with Crippen LogP contribution < -0.4 is 5.32 Å². The Morgan fingerprint density at radius 2 is 2.11 bits per heavy atom. The number of hydrogen-bond acceptors (Lipinski definition) is 3. The van der Waals surface area contributed by atoms with Gasteiger partial charge in [0.15, 0.2) is 0 Å². The molecule has 6 nitrogen and oxygen atoms in total. The summed E-state index contributed by atoms with van der Waals surface area (Å²) in [7, 11) is 0. The average Bonchev–Trinajstić information content (AvgIpc) is 3.10. The van der Waals surface area contributed by atoms with Gasteiger partial charge >= 0.3 is 12.0 Å². The molecule has 0 saturated heterocycles. The molecule has 2 N–H and O–H groups in total. The van der Waals surface area contributed by atoms with Crippen molar-refractivity contribution in [2.75, 3.05) is 32.8 Å². The highest BCUT2D eigenvalue weighted by Gasteiger charge is 2.21. The molecular weight excluding hydrogens is 248 g/mol. The van der Waals surface area contributed by atoms with E-state index in [9.17, 15) is 9.59 Å². The molecule has 1 aliphatic carbocycles. The second kappa shape index (κ2) is 7.99. The van der Waals surface area contributed by atoms with Gasteiger partial charge in [0.2, 0.25) is 0 Å². The number of carboxylic acid groups (broad SMARTS) is 1. The largest absolute Gasteiger partial charge is 0.480 e. The quantitative estimate of drug-likeness (QED) is 0.617. The lowest BCUT2D eigenvalue weighted by Crippen LogP contribution is -2.45. The number of hydrogen-bond donors (Lipinski definition) is 2. The number of nitrogens with one attached hydrogen (secondary N) is 1. The van der Waals surface area contributed by atoms with Crippen molar-refractivity contribution >= 4 is 12.0 Å². The number of rotatable bonds is 9. The van der Waals surface area contributed by atoms with Crippen LogP contribution in [0.5, 0.6) is 0 Å². The molecule has 0 aromatic carbocycles. The predicted octanol–water partition coefficient (Wildman–Crippen LogP) is 1.17. The molecule has 2 amide bonds. The molecule has 0 heterocycles. The van der Waals surface area contributed by atoms with Gasteiger partial charge in [-0.2, -0.15) is 0 Å². The van der Waals surface area contributed by atoms with Crippen LogP contribution in [-0.4, -0.2) is 54.9 Å². The van der Waals surface area contributed by atoms with Crippen LogP contribution in [0.4, 0.5) is 4.79 Å². The van der Waals surface area contributed by atoms with Gasteiger partial charge in [-0.3, -0.25) is 4.79 Å². The Labute approximate surface area is 114 Å². The van der Waals surface area contributed by atoms with Gasteiger partial charge in [0.1, 0.15) is 6.54 Å². The molecule has 0 radical (unpaired) electrons. The summed E-state index contributed by atoms with van der Waals surface area (Å²) in [6, 6.07) is -0.342. The van der Waals surface area contributed by atoms with E-state index in [1.807, 2.05) is 13.8 Å². The lowest BCUT2D eigenvalue weighted by Gasteiger charge is -2.23. The van der Waals surface area contributed by atoms with Crippen LogP contribution >= 0.6 is 0 Å². The van der Waals surface area contributed by atoms with Gasteiger partial charge in [-0.1, -0.05) is 13.8 Å². The van der Waals surface area contributed by atoms with Gasteiger partial charge in [0.25, 0.3) is 0 Å². The van der Waals surface area contributed by atoms with Crippen molar-refractivity contribution in [1.29, 1.82) is 0 Å². The third-order valence-electron chi connectivity index (χ3n) is 2.77. The molecule has 0 spiro atoms. The molecule has 0 atom stereocenters. The van der Waals surface area contributed by atoms with Crippen molar-refractivity contribution in [2.24, 2.45) is 11.8 Å². The maximum atomic E-state index is 11.8. The fraction of sp³-hybridized carbons (Fsp3) is 0.846. The monoisotopic (exact) mass is 272 g/mol. The summed E-state index contributed by atoms with van der Waals surface area (Å²) in [5.41, 5.74) is 0. The lowest BCUT2D eigenvalue weighted by molar-refractivity contribution is -0.137. The van der Waals surface area contributed by atoms with Gasteiger partial charge in [-0.25, -0.2) is 4.79 Å². The van der Waals surface area contributed by atoms with E-state index in [-0.39, 0.29) is 18.5 Å². The predicted molar refractivity (Wildman–Crippen MR) is 71.0 cm³/mol. The minimum absolute atomic E-state index is 0.233. The van der Waals surface area contributed by atoms with Crippen LogP contribution in [0.1, 0.15) is 26.7 Å². The Morgan fingerprint density at radius 3 is 2.63 bits per heavy atom. The summed E-state index contributed by atoms with van der Waals surface area (Å²) in [6.07, 6.45) is 2.49. The third kappa shape index (κ3) is 7.66. The molecule has 19 heavy (non-hydrogen) atoms. The standard InChI is InChI=1S/C13H24N2O4/c1-10(2)7-15(8-12(16)17)13(18)14-5-6-19-9-11-3-4-11/h10-11H,3-9H2,1-2H3,(H,14,18)(H,16,17). The summed E-state index contributed by atoms with van der Waals surface area (Å²) in [5.74, 6) is -0.0582. The van der Waals surface area contributed by atoms with Gasteiger partial charge < -0.3 is 20.1 Å². The first kappa shape index (κ1) is 15.8. The summed E-state index contributed by atoms with van der Waals surface area (Å²) in [6.45, 7) is 5.71. The van der Waals surface area contributed by atoms with Crippen LogP contribution in [0, 0.1) is 11.8 Å². The van der Waals surface area contributed by atoms with E-state index in [4.69, 9.17) is 9.84 Å². The molecule has 0 aromatic rings. The Kier molecular flexibility index (Phi) is 6.62. The summed E-state index contributed by atoms with van der Waals surface area (Å²) < 4.78 is 5.40. The van der Waals surface area contributed by atoms with Crippen LogP contribution in [0.3, 0.4) is 0 Å². The highest BCUT2D eigenvalue weighted by molar-refractivity contribution is 5.80. The van der Waals surface area contributed by atoms with E-state index in [0.29, 0.717) is 25.6 Å². The number of amides is 2. The minimum Gasteiger partial charge on any atom is -0.480 e. The van der Waals surface area contributed by atoms with Crippen molar-refractivity contribution in [1.82, 2.24) is 10.2 Å². The zero-order valence-electron chi connectivity index (χ0n) is 11.7. The van der Waals surface area contributed by atoms with Crippen LogP contribution in [0.15, 0.2) is 0 Å². The molecule has 0 bridgehead atoms. The van der Waals surface area contributed by atoms with Gasteiger partial charge in [0, 0.05) is 19.7 Å². The first-order chi connectivity index (χ1) is 8.99. The SMILES string of the molecule is CC(C)CN(CC(=O)O)C(=O)NCCOCC1CC1. The Hall–Kier alpha value is -1.30. The van der Waals surface area contributed by atoms with Crippen molar-refractivity contribution in [3.05, 3.63) is 0 Å². The average molecular weight is 272 g/mol. The summed E-state index contributed by atoms with van der Waals surface area (Å²) in [4.78, 5) is 23.8. The third-order valence-corrected chi connectivity index (χ3v) is 2.77. The maximum Gasteiger partial charge on any atom is 0.323 e. The van der Waals surface area contributed by atoms with E-state index < -0.39 is 5.97 Å². The smallest absolute Gasteiger partial charge is 0.323 e. The highest BCUT2D eigenvalue weighted by Crippen LogP contribution is 2.28. The summed E-state index contributed by atoms with van der Waals surface area (Å²) >= 11 is 0. The fourth-order valence-electron chi connectivity index (χ4n) is 1.70. The van der Waals surface area contributed by atoms with Crippen molar-refractivity contribution in [2.45, 2.75) is 26.7 Å². The molecule has 1 saturated carbocycles. The highest BCUT2D eigenvalue weighted by atomic mass is 16.5. The van der Waals surface area contributed by atoms with E-state index in [0.717, 1.165) is 6.61 Å². The maximum absolute atomic E-state index is 11.8. The summed E-state index contributed by atoms with van der Waals surface area (Å²) in [5, 5.41) is 11.5. The van der Waals surface area contributed by atoms with Crippen LogP contribution in [0.25, 0.3) is 0 Å². The Bertz CT molecular complexity index is 303. The fourth-order valence-corrected chi connectivity index (χ4v) is 1.70. The number of aliphatic carboxylic acids is 1. The number of urea groups is 1. The Balaban J connectivity index is 2.18. The molecule has 0 aliphatic heterocycles. The number of ether oxygens (including phenoxy) is 1. The second-order valence-electron chi connectivity index (χ2n) is 5.42. The first-order valence-electron chi connectivity index (χ1n) is 6.81. The number of carbonyl (C=O) groups is 2. The van der Waals surface area contributed by atoms with Crippen LogP contribution in [-0.2, 0) is 9.53 Å². The molecule has 6 heteroatoms. The van der Waals surface area contributed by atoms with Crippen molar-refractivity contribution in [3.8, 4) is 0 Å². The molecule has 1 fully saturated rings. The van der Waals surface area contributed by atoms with Gasteiger partial charge in [-0.15, -0.1) is 0 Å². The zero-order chi connectivity index (χ0) is 14.3. The Morgan fingerprint density at radius 1 is 1.42 bits per heavy atom. The minimum atomic E-state index is -0.999. The number of carboxylic acids is 1. The second-order valence-corrected chi connectivity index (χ2v) is 5.42. The zero-order valence-corrected chi connectivity index (χ0v) is 11.7. The van der Waals surface area contributed by atoms with Crippen molar-refractivity contribution in [3.63, 3.8) is 0 Å². The first-order valence-corrected chi connectivity index (χ1v) is 6.81. The van der Waals surface area contributed by atoms with E-state index in [1.165, 1.54) is 17.7 Å². The molecule has 1 aliphatic rings. The van der Waals surface area contributed by atoms with E-state index >= 15 is 0 Å². The lowest BCUT2D eigenvalue weighted by atomic mass is 10.2. The van der Waals surface area contributed by atoms with Crippen LogP contribution in [0.2, 0.25) is 0 Å². The van der Waals surface area contributed by atoms with E-state index in [1.54, 1.807) is 0 Å². The number of carbonyl (C=O) groups excluding carboxylic acids is 1. The molecule has 0 unspecified atom stereocenters.